The molecular weight excluding hydrogens is 250 g/mol. The fourth-order valence-electron chi connectivity index (χ4n) is 2.44. The largest absolute Gasteiger partial charge is 0.310 e. The van der Waals surface area contributed by atoms with E-state index in [1.165, 1.54) is 4.31 Å². The lowest BCUT2D eigenvalue weighted by atomic mass is 10.0. The maximum Gasteiger partial charge on any atom is 0.261 e. The van der Waals surface area contributed by atoms with Crippen LogP contribution in [0.4, 0.5) is 8.78 Å². The summed E-state index contributed by atoms with van der Waals surface area (Å²) >= 11 is 0. The fraction of sp³-hybridized carbons (Fsp3) is 1.00. The molecule has 0 aromatic rings. The van der Waals surface area contributed by atoms with Gasteiger partial charge in [-0.2, -0.15) is 4.31 Å². The second-order valence-corrected chi connectivity index (χ2v) is 7.99. The molecule has 0 radical (unpaired) electrons. The summed E-state index contributed by atoms with van der Waals surface area (Å²) in [6.07, 6.45) is 0.118. The molecule has 0 saturated carbocycles. The molecule has 17 heavy (non-hydrogen) atoms. The molecule has 2 aliphatic heterocycles. The van der Waals surface area contributed by atoms with E-state index in [1.807, 2.05) is 0 Å². The van der Waals surface area contributed by atoms with Gasteiger partial charge < -0.3 is 5.32 Å². The molecule has 0 aromatic carbocycles. The van der Waals surface area contributed by atoms with Crippen molar-refractivity contribution in [3.8, 4) is 0 Å². The van der Waals surface area contributed by atoms with Crippen molar-refractivity contribution in [1.29, 1.82) is 0 Å². The first kappa shape index (κ1) is 13.2. The predicted octanol–water partition coefficient (Wildman–Crippen LogP) is 0.798. The molecule has 0 unspecified atom stereocenters. The minimum absolute atomic E-state index is 0.310. The maximum atomic E-state index is 13.3. The highest BCUT2D eigenvalue weighted by Crippen LogP contribution is 2.36. The van der Waals surface area contributed by atoms with Crippen LogP contribution in [0.2, 0.25) is 0 Å². The topological polar surface area (TPSA) is 49.4 Å². The average Bonchev–Trinajstić information content (AvgIpc) is 2.35. The van der Waals surface area contributed by atoms with Crippen LogP contribution in [-0.2, 0) is 10.0 Å². The Hall–Kier alpha value is -0.270. The zero-order valence-corrected chi connectivity index (χ0v) is 10.9. The Bertz CT molecular complexity index is 409. The summed E-state index contributed by atoms with van der Waals surface area (Å²) in [5.41, 5.74) is 0. The molecule has 2 saturated heterocycles. The number of piperidine rings is 1. The van der Waals surface area contributed by atoms with Crippen molar-refractivity contribution in [2.24, 2.45) is 0 Å². The molecular formula is C10H18F2N2O2S. The monoisotopic (exact) mass is 268 g/mol. The van der Waals surface area contributed by atoms with Crippen molar-refractivity contribution >= 4 is 10.0 Å². The van der Waals surface area contributed by atoms with Crippen molar-refractivity contribution < 1.29 is 17.2 Å². The third kappa shape index (κ3) is 2.20. The number of nitrogens with one attached hydrogen (secondary N) is 1. The van der Waals surface area contributed by atoms with E-state index in [0.717, 1.165) is 0 Å². The summed E-state index contributed by atoms with van der Waals surface area (Å²) in [5, 5.41) is 2.61. The van der Waals surface area contributed by atoms with Crippen molar-refractivity contribution in [2.45, 2.75) is 43.4 Å². The second kappa shape index (κ2) is 3.86. The van der Waals surface area contributed by atoms with Crippen LogP contribution in [0, 0.1) is 0 Å². The molecule has 0 spiro atoms. The van der Waals surface area contributed by atoms with Gasteiger partial charge in [0.15, 0.2) is 0 Å². The molecule has 2 aliphatic rings. The zero-order valence-electron chi connectivity index (χ0n) is 10.0. The van der Waals surface area contributed by atoms with Gasteiger partial charge in [0, 0.05) is 25.6 Å². The number of rotatable bonds is 1. The number of hydrogen-bond donors (Lipinski definition) is 1. The summed E-state index contributed by atoms with van der Waals surface area (Å²) in [4.78, 5) is 0. The van der Waals surface area contributed by atoms with E-state index < -0.39 is 26.7 Å². The number of alkyl halides is 2. The Morgan fingerprint density at radius 3 is 2.47 bits per heavy atom. The van der Waals surface area contributed by atoms with E-state index in [-0.39, 0.29) is 13.0 Å². The van der Waals surface area contributed by atoms with Gasteiger partial charge in [-0.1, -0.05) is 0 Å². The van der Waals surface area contributed by atoms with Crippen molar-refractivity contribution in [1.82, 2.24) is 9.62 Å². The van der Waals surface area contributed by atoms with Crippen molar-refractivity contribution in [3.63, 3.8) is 0 Å². The molecule has 0 aromatic heterocycles. The number of nitrogens with zero attached hydrogens (tertiary/aromatic N) is 1. The van der Waals surface area contributed by atoms with Gasteiger partial charge in [-0.05, 0) is 20.3 Å². The third-order valence-corrected chi connectivity index (χ3v) is 6.35. The SMILES string of the molecule is CC1(C)CCN([C@H]2CNCC(F)(F)C2)S1(=O)=O. The Kier molecular flexibility index (Phi) is 2.99. The fourth-order valence-corrected chi connectivity index (χ4v) is 4.30. The van der Waals surface area contributed by atoms with Crippen LogP contribution in [0.1, 0.15) is 26.7 Å². The maximum absolute atomic E-state index is 13.3. The first-order chi connectivity index (χ1) is 7.66. The normalized spacial score (nSPS) is 35.9. The quantitative estimate of drug-likeness (QED) is 0.765. The number of halogens is 2. The van der Waals surface area contributed by atoms with Gasteiger partial charge in [0.05, 0.1) is 11.3 Å². The molecule has 2 fully saturated rings. The van der Waals surface area contributed by atoms with E-state index in [1.54, 1.807) is 13.8 Å². The molecule has 2 rings (SSSR count). The standard InChI is InChI=1S/C10H18F2N2O2S/c1-9(2)3-4-14(17(9,15)16)8-5-10(11,12)7-13-6-8/h8,13H,3-7H2,1-2H3/t8-/m1/s1. The van der Waals surface area contributed by atoms with E-state index in [2.05, 4.69) is 5.32 Å². The van der Waals surface area contributed by atoms with Gasteiger partial charge >= 0.3 is 0 Å². The Balaban J connectivity index is 2.20. The predicted molar refractivity (Wildman–Crippen MR) is 60.5 cm³/mol. The van der Waals surface area contributed by atoms with Crippen molar-refractivity contribution in [2.75, 3.05) is 19.6 Å². The van der Waals surface area contributed by atoms with Gasteiger partial charge in [0.25, 0.3) is 5.92 Å². The highest BCUT2D eigenvalue weighted by atomic mass is 32.2. The van der Waals surface area contributed by atoms with Gasteiger partial charge in [0.2, 0.25) is 10.0 Å². The number of sulfonamides is 1. The van der Waals surface area contributed by atoms with E-state index >= 15 is 0 Å². The lowest BCUT2D eigenvalue weighted by Crippen LogP contribution is -2.54. The molecule has 0 amide bonds. The summed E-state index contributed by atoms with van der Waals surface area (Å²) < 4.78 is 51.3. The smallest absolute Gasteiger partial charge is 0.261 e. The average molecular weight is 268 g/mol. The highest BCUT2D eigenvalue weighted by Gasteiger charge is 2.50. The Morgan fingerprint density at radius 2 is 2.00 bits per heavy atom. The summed E-state index contributed by atoms with van der Waals surface area (Å²) in [5.74, 6) is -2.81. The van der Waals surface area contributed by atoms with E-state index in [4.69, 9.17) is 0 Å². The zero-order chi connectivity index (χ0) is 12.9. The molecule has 0 aliphatic carbocycles. The van der Waals surface area contributed by atoms with Crippen LogP contribution < -0.4 is 5.32 Å². The molecule has 4 nitrogen and oxygen atoms in total. The van der Waals surface area contributed by atoms with Crippen LogP contribution in [-0.4, -0.2) is 49.1 Å². The molecule has 0 bridgehead atoms. The van der Waals surface area contributed by atoms with Gasteiger partial charge in [-0.3, -0.25) is 0 Å². The summed E-state index contributed by atoms with van der Waals surface area (Å²) in [6.45, 7) is 3.59. The molecule has 100 valence electrons. The molecule has 2 heterocycles. The van der Waals surface area contributed by atoms with Gasteiger partial charge in [-0.25, -0.2) is 17.2 Å². The van der Waals surface area contributed by atoms with Crippen LogP contribution >= 0.6 is 0 Å². The first-order valence-corrected chi connectivity index (χ1v) is 7.20. The van der Waals surface area contributed by atoms with Crippen LogP contribution in [0.5, 0.6) is 0 Å². The number of hydrogen-bond acceptors (Lipinski definition) is 3. The summed E-state index contributed by atoms with van der Waals surface area (Å²) in [7, 11) is -3.46. The van der Waals surface area contributed by atoms with Crippen molar-refractivity contribution in [3.05, 3.63) is 0 Å². The van der Waals surface area contributed by atoms with Crippen LogP contribution in [0.25, 0.3) is 0 Å². The molecule has 7 heteroatoms. The minimum Gasteiger partial charge on any atom is -0.310 e. The van der Waals surface area contributed by atoms with E-state index in [9.17, 15) is 17.2 Å². The van der Waals surface area contributed by atoms with Crippen LogP contribution in [0.3, 0.4) is 0 Å². The van der Waals surface area contributed by atoms with Crippen LogP contribution in [0.15, 0.2) is 0 Å². The van der Waals surface area contributed by atoms with E-state index in [0.29, 0.717) is 19.5 Å². The van der Waals surface area contributed by atoms with Gasteiger partial charge in [-0.15, -0.1) is 0 Å². The first-order valence-electron chi connectivity index (χ1n) is 5.76. The lowest BCUT2D eigenvalue weighted by Gasteiger charge is -2.35. The highest BCUT2D eigenvalue weighted by molar-refractivity contribution is 7.90. The Morgan fingerprint density at radius 1 is 1.35 bits per heavy atom. The molecule has 1 N–H and O–H groups in total. The summed E-state index contributed by atoms with van der Waals surface area (Å²) in [6, 6.07) is -0.620. The Labute approximate surface area is 100 Å². The second-order valence-electron chi connectivity index (χ2n) is 5.47. The third-order valence-electron chi connectivity index (χ3n) is 3.65. The minimum atomic E-state index is -3.46. The molecule has 1 atom stereocenters. The van der Waals surface area contributed by atoms with Gasteiger partial charge in [0.1, 0.15) is 0 Å². The lowest BCUT2D eigenvalue weighted by molar-refractivity contribution is -0.0397.